The molecule has 0 aliphatic carbocycles. The number of thiazole rings is 1. The third-order valence-corrected chi connectivity index (χ3v) is 8.77. The minimum Gasteiger partial charge on any atom is -0.497 e. The first-order valence-corrected chi connectivity index (χ1v) is 15.2. The highest BCUT2D eigenvalue weighted by Crippen LogP contribution is 2.34. The number of imidazole rings is 1. The number of carbonyl (C=O) groups is 1. The molecule has 0 saturated carbocycles. The van der Waals surface area contributed by atoms with Gasteiger partial charge < -0.3 is 19.1 Å². The van der Waals surface area contributed by atoms with Gasteiger partial charge >= 0.3 is 0 Å². The molecule has 7 nitrogen and oxygen atoms in total. The van der Waals surface area contributed by atoms with Crippen molar-refractivity contribution in [1.82, 2.24) is 14.3 Å². The monoisotopic (exact) mass is 581 g/mol. The third-order valence-electron chi connectivity index (χ3n) is 7.88. The Morgan fingerprint density at radius 3 is 2.43 bits per heavy atom. The van der Waals surface area contributed by atoms with Crippen LogP contribution in [0, 0.1) is 0 Å². The van der Waals surface area contributed by atoms with Crippen LogP contribution in [0.1, 0.15) is 35.6 Å². The molecule has 42 heavy (non-hydrogen) atoms. The summed E-state index contributed by atoms with van der Waals surface area (Å²) in [5.41, 5.74) is 4.80. The SMILES string of the molecule is COc1ccc(OC)c(-c2cn3c(CCN(CC4CCCO4)C(=O)C(c4ccccc4)c4ccccc4)csc3n2)c1. The summed E-state index contributed by atoms with van der Waals surface area (Å²) in [6, 6.07) is 25.9. The quantitative estimate of drug-likeness (QED) is 0.179. The highest BCUT2D eigenvalue weighted by atomic mass is 32.1. The summed E-state index contributed by atoms with van der Waals surface area (Å²) in [5.74, 6) is 1.21. The molecule has 1 atom stereocenters. The average molecular weight is 582 g/mol. The van der Waals surface area contributed by atoms with Crippen molar-refractivity contribution in [2.45, 2.75) is 31.3 Å². The van der Waals surface area contributed by atoms with Gasteiger partial charge in [-0.25, -0.2) is 4.98 Å². The lowest BCUT2D eigenvalue weighted by atomic mass is 9.89. The zero-order chi connectivity index (χ0) is 28.9. The molecule has 3 heterocycles. The first kappa shape index (κ1) is 28.0. The van der Waals surface area contributed by atoms with E-state index in [-0.39, 0.29) is 17.9 Å². The van der Waals surface area contributed by atoms with Crippen molar-refractivity contribution in [2.75, 3.05) is 33.9 Å². The molecule has 1 fully saturated rings. The predicted molar refractivity (Wildman–Crippen MR) is 166 cm³/mol. The van der Waals surface area contributed by atoms with Crippen LogP contribution in [0.4, 0.5) is 0 Å². The summed E-state index contributed by atoms with van der Waals surface area (Å²) >= 11 is 1.60. The molecule has 8 heteroatoms. The fourth-order valence-corrected chi connectivity index (χ4v) is 6.59. The van der Waals surface area contributed by atoms with Crippen LogP contribution in [0.15, 0.2) is 90.4 Å². The number of rotatable bonds is 11. The molecule has 1 aliphatic rings. The number of carbonyl (C=O) groups excluding carboxylic acids is 1. The van der Waals surface area contributed by atoms with Crippen LogP contribution in [-0.4, -0.2) is 60.2 Å². The number of fused-ring (bicyclic) bond motifs is 1. The van der Waals surface area contributed by atoms with Crippen molar-refractivity contribution in [3.63, 3.8) is 0 Å². The predicted octanol–water partition coefficient (Wildman–Crippen LogP) is 6.46. The van der Waals surface area contributed by atoms with Gasteiger partial charge in [-0.1, -0.05) is 60.7 Å². The zero-order valence-electron chi connectivity index (χ0n) is 23.9. The summed E-state index contributed by atoms with van der Waals surface area (Å²) in [6.45, 7) is 1.92. The van der Waals surface area contributed by atoms with E-state index in [0.29, 0.717) is 19.5 Å². The number of benzene rings is 3. The van der Waals surface area contributed by atoms with Crippen LogP contribution >= 0.6 is 11.3 Å². The molecular formula is C34H35N3O4S. The average Bonchev–Trinajstić information content (AvgIpc) is 3.79. The maximum Gasteiger partial charge on any atom is 0.234 e. The summed E-state index contributed by atoms with van der Waals surface area (Å²) in [5, 5.41) is 2.13. The van der Waals surface area contributed by atoms with Gasteiger partial charge in [0.15, 0.2) is 4.96 Å². The Bertz CT molecular complexity index is 1590. The van der Waals surface area contributed by atoms with Crippen molar-refractivity contribution in [3.05, 3.63) is 107 Å². The molecule has 0 radical (unpaired) electrons. The van der Waals surface area contributed by atoms with Crippen LogP contribution in [0.25, 0.3) is 16.2 Å². The van der Waals surface area contributed by atoms with Crippen molar-refractivity contribution in [3.8, 4) is 22.8 Å². The molecular weight excluding hydrogens is 546 g/mol. The Hall–Kier alpha value is -4.14. The molecule has 216 valence electrons. The van der Waals surface area contributed by atoms with E-state index in [4.69, 9.17) is 19.2 Å². The molecule has 5 aromatic rings. The van der Waals surface area contributed by atoms with Gasteiger partial charge in [0.25, 0.3) is 0 Å². The Labute approximate surface area is 250 Å². The summed E-state index contributed by atoms with van der Waals surface area (Å²) < 4.78 is 19.2. The fourth-order valence-electron chi connectivity index (χ4n) is 5.68. The first-order chi connectivity index (χ1) is 20.6. The molecule has 1 unspecified atom stereocenters. The summed E-state index contributed by atoms with van der Waals surface area (Å²) in [7, 11) is 3.31. The van der Waals surface area contributed by atoms with E-state index in [1.807, 2.05) is 90.0 Å². The van der Waals surface area contributed by atoms with E-state index in [0.717, 1.165) is 64.0 Å². The van der Waals surface area contributed by atoms with E-state index in [1.54, 1.807) is 25.6 Å². The third kappa shape index (κ3) is 5.91. The topological polar surface area (TPSA) is 65.3 Å². The zero-order valence-corrected chi connectivity index (χ0v) is 24.8. The van der Waals surface area contributed by atoms with Gasteiger partial charge in [-0.15, -0.1) is 11.3 Å². The number of aromatic nitrogens is 2. The summed E-state index contributed by atoms with van der Waals surface area (Å²) in [4.78, 5) is 22.2. The molecule has 1 amide bonds. The number of amides is 1. The van der Waals surface area contributed by atoms with Crippen LogP contribution in [-0.2, 0) is 16.0 Å². The summed E-state index contributed by atoms with van der Waals surface area (Å²) in [6.07, 6.45) is 4.80. The van der Waals surface area contributed by atoms with Crippen molar-refractivity contribution in [1.29, 1.82) is 0 Å². The standard InChI is InChI=1S/C34H35N3O4S/c1-39-27-15-16-31(40-2)29(20-27)30-22-37-26(23-42-34(37)35-30)17-18-36(21-28-14-9-19-41-28)33(38)32(24-10-5-3-6-11-24)25-12-7-4-8-13-25/h3-8,10-13,15-16,20,22-23,28,32H,9,14,17-19,21H2,1-2H3. The van der Waals surface area contributed by atoms with E-state index in [2.05, 4.69) is 9.78 Å². The van der Waals surface area contributed by atoms with Gasteiger partial charge in [0.1, 0.15) is 11.5 Å². The van der Waals surface area contributed by atoms with Crippen LogP contribution < -0.4 is 9.47 Å². The van der Waals surface area contributed by atoms with Gasteiger partial charge in [-0.3, -0.25) is 9.20 Å². The Kier molecular flexibility index (Phi) is 8.53. The van der Waals surface area contributed by atoms with Crippen molar-refractivity contribution >= 4 is 22.2 Å². The maximum absolute atomic E-state index is 14.4. The molecule has 3 aromatic carbocycles. The van der Waals surface area contributed by atoms with Crippen molar-refractivity contribution in [2.24, 2.45) is 0 Å². The largest absolute Gasteiger partial charge is 0.497 e. The van der Waals surface area contributed by atoms with Crippen LogP contribution in [0.3, 0.4) is 0 Å². The Morgan fingerprint density at radius 1 is 1.05 bits per heavy atom. The number of methoxy groups -OCH3 is 2. The minimum atomic E-state index is -0.378. The maximum atomic E-state index is 14.4. The van der Waals surface area contributed by atoms with Crippen LogP contribution in [0.5, 0.6) is 11.5 Å². The minimum absolute atomic E-state index is 0.0593. The smallest absolute Gasteiger partial charge is 0.234 e. The second kappa shape index (κ2) is 12.8. The molecule has 2 aromatic heterocycles. The second-order valence-electron chi connectivity index (χ2n) is 10.5. The molecule has 0 N–H and O–H groups in total. The van der Waals surface area contributed by atoms with Gasteiger partial charge in [-0.05, 0) is 42.2 Å². The highest BCUT2D eigenvalue weighted by Gasteiger charge is 2.30. The van der Waals surface area contributed by atoms with E-state index < -0.39 is 0 Å². The van der Waals surface area contributed by atoms with Crippen molar-refractivity contribution < 1.29 is 19.0 Å². The second-order valence-corrected chi connectivity index (χ2v) is 11.3. The van der Waals surface area contributed by atoms with Gasteiger partial charge in [0.2, 0.25) is 5.91 Å². The lowest BCUT2D eigenvalue weighted by molar-refractivity contribution is -0.133. The number of nitrogens with zero attached hydrogens (tertiary/aromatic N) is 3. The molecule has 1 saturated heterocycles. The van der Waals surface area contributed by atoms with Gasteiger partial charge in [-0.2, -0.15) is 0 Å². The molecule has 0 bridgehead atoms. The molecule has 0 spiro atoms. The highest BCUT2D eigenvalue weighted by molar-refractivity contribution is 7.15. The molecule has 6 rings (SSSR count). The van der Waals surface area contributed by atoms with Gasteiger partial charge in [0.05, 0.1) is 31.9 Å². The lowest BCUT2D eigenvalue weighted by Gasteiger charge is -2.30. The van der Waals surface area contributed by atoms with Gasteiger partial charge in [0, 0.05) is 49.0 Å². The Morgan fingerprint density at radius 2 is 1.79 bits per heavy atom. The Balaban J connectivity index is 1.29. The normalized spacial score (nSPS) is 14.9. The fraction of sp³-hybridized carbons (Fsp3) is 0.294. The van der Waals surface area contributed by atoms with E-state index in [1.165, 1.54) is 0 Å². The number of hydrogen-bond acceptors (Lipinski definition) is 6. The van der Waals surface area contributed by atoms with E-state index in [9.17, 15) is 4.79 Å². The number of ether oxygens (including phenoxy) is 3. The molecule has 1 aliphatic heterocycles. The van der Waals surface area contributed by atoms with E-state index >= 15 is 0 Å². The lowest BCUT2D eigenvalue weighted by Crippen LogP contribution is -2.41. The first-order valence-electron chi connectivity index (χ1n) is 14.3. The number of hydrogen-bond donors (Lipinski definition) is 0. The van der Waals surface area contributed by atoms with Crippen LogP contribution in [0.2, 0.25) is 0 Å².